The highest BCUT2D eigenvalue weighted by Gasteiger charge is 2.43. The molecule has 3 nitrogen and oxygen atoms in total. The van der Waals surface area contributed by atoms with E-state index >= 15 is 0 Å². The van der Waals surface area contributed by atoms with Crippen LogP contribution in [0.1, 0.15) is 29.0 Å². The SMILES string of the molecule is FC(F)(F)c1ccc([C@@H]2O[C@H]2c2cnc3ccccc3n2)cc1. The molecule has 1 aromatic heterocycles. The Labute approximate surface area is 129 Å². The van der Waals surface area contributed by atoms with Crippen LogP contribution in [0.25, 0.3) is 11.0 Å². The molecular weight excluding hydrogens is 305 g/mol. The molecule has 2 aromatic carbocycles. The van der Waals surface area contributed by atoms with Gasteiger partial charge in [0, 0.05) is 0 Å². The van der Waals surface area contributed by atoms with Crippen LogP contribution in [-0.2, 0) is 10.9 Å². The number of rotatable bonds is 2. The lowest BCUT2D eigenvalue weighted by molar-refractivity contribution is -0.137. The molecule has 1 aliphatic heterocycles. The number of ether oxygens (including phenoxy) is 1. The molecule has 0 unspecified atom stereocenters. The van der Waals surface area contributed by atoms with Crippen molar-refractivity contribution >= 4 is 11.0 Å². The van der Waals surface area contributed by atoms with Crippen LogP contribution in [0, 0.1) is 0 Å². The summed E-state index contributed by atoms with van der Waals surface area (Å²) in [5, 5.41) is 0. The predicted molar refractivity (Wildman–Crippen MR) is 77.5 cm³/mol. The Morgan fingerprint density at radius 2 is 1.57 bits per heavy atom. The average molecular weight is 316 g/mol. The van der Waals surface area contributed by atoms with E-state index in [4.69, 9.17) is 4.74 Å². The molecule has 6 heteroatoms. The van der Waals surface area contributed by atoms with Crippen molar-refractivity contribution in [1.82, 2.24) is 9.97 Å². The molecule has 4 rings (SSSR count). The van der Waals surface area contributed by atoms with Gasteiger partial charge in [-0.25, -0.2) is 4.98 Å². The molecule has 0 bridgehead atoms. The van der Waals surface area contributed by atoms with E-state index in [-0.39, 0.29) is 12.2 Å². The summed E-state index contributed by atoms with van der Waals surface area (Å²) in [6.07, 6.45) is -3.21. The molecule has 1 fully saturated rings. The number of hydrogen-bond acceptors (Lipinski definition) is 3. The van der Waals surface area contributed by atoms with Crippen LogP contribution in [-0.4, -0.2) is 9.97 Å². The average Bonchev–Trinajstić information content (AvgIpc) is 3.34. The van der Waals surface area contributed by atoms with Gasteiger partial charge in [0.05, 0.1) is 28.5 Å². The molecule has 0 spiro atoms. The summed E-state index contributed by atoms with van der Waals surface area (Å²) < 4.78 is 43.3. The molecule has 0 N–H and O–H groups in total. The lowest BCUT2D eigenvalue weighted by Gasteiger charge is -2.06. The van der Waals surface area contributed by atoms with Gasteiger partial charge in [-0.05, 0) is 29.8 Å². The standard InChI is InChI=1S/C17H11F3N2O/c18-17(19,20)11-7-5-10(6-8-11)15-16(23-15)14-9-21-12-3-1-2-4-13(12)22-14/h1-9,15-16H/t15-,16-/m0/s1. The lowest BCUT2D eigenvalue weighted by atomic mass is 10.1. The van der Waals surface area contributed by atoms with Gasteiger partial charge in [0.1, 0.15) is 12.2 Å². The quantitative estimate of drug-likeness (QED) is 0.655. The maximum atomic E-state index is 12.6. The van der Waals surface area contributed by atoms with E-state index in [0.717, 1.165) is 23.2 Å². The smallest absolute Gasteiger partial charge is 0.358 e. The van der Waals surface area contributed by atoms with Gasteiger partial charge in [0.15, 0.2) is 0 Å². The number of nitrogens with zero attached hydrogens (tertiary/aromatic N) is 2. The minimum Gasteiger partial charge on any atom is -0.358 e. The van der Waals surface area contributed by atoms with Crippen LogP contribution < -0.4 is 0 Å². The molecule has 1 aliphatic rings. The molecule has 3 aromatic rings. The fraction of sp³-hybridized carbons (Fsp3) is 0.176. The van der Waals surface area contributed by atoms with Gasteiger partial charge in [-0.15, -0.1) is 0 Å². The Hall–Kier alpha value is -2.47. The topological polar surface area (TPSA) is 38.3 Å². The van der Waals surface area contributed by atoms with E-state index in [0.29, 0.717) is 11.3 Å². The summed E-state index contributed by atoms with van der Waals surface area (Å²) in [4.78, 5) is 8.83. The first kappa shape index (κ1) is 14.1. The highest BCUT2D eigenvalue weighted by atomic mass is 19.4. The molecule has 0 aliphatic carbocycles. The Balaban J connectivity index is 1.57. The molecule has 0 radical (unpaired) electrons. The van der Waals surface area contributed by atoms with Gasteiger partial charge in [0.25, 0.3) is 0 Å². The molecule has 0 saturated carbocycles. The van der Waals surface area contributed by atoms with Crippen molar-refractivity contribution < 1.29 is 17.9 Å². The Bertz CT molecular complexity index is 862. The third-order valence-corrected chi connectivity index (χ3v) is 3.82. The summed E-state index contributed by atoms with van der Waals surface area (Å²) >= 11 is 0. The number of hydrogen-bond donors (Lipinski definition) is 0. The van der Waals surface area contributed by atoms with Gasteiger partial charge in [0.2, 0.25) is 0 Å². The van der Waals surface area contributed by atoms with E-state index < -0.39 is 11.7 Å². The number of halogens is 3. The van der Waals surface area contributed by atoms with Crippen LogP contribution in [0.15, 0.2) is 54.7 Å². The molecule has 2 heterocycles. The first-order valence-corrected chi connectivity index (χ1v) is 7.07. The van der Waals surface area contributed by atoms with E-state index in [2.05, 4.69) is 9.97 Å². The van der Waals surface area contributed by atoms with Gasteiger partial charge < -0.3 is 4.74 Å². The fourth-order valence-corrected chi connectivity index (χ4v) is 2.56. The van der Waals surface area contributed by atoms with Crippen LogP contribution in [0.5, 0.6) is 0 Å². The molecule has 2 atom stereocenters. The molecule has 1 saturated heterocycles. The third-order valence-electron chi connectivity index (χ3n) is 3.82. The van der Waals surface area contributed by atoms with Gasteiger partial charge >= 0.3 is 6.18 Å². The van der Waals surface area contributed by atoms with Gasteiger partial charge in [-0.1, -0.05) is 24.3 Å². The zero-order valence-corrected chi connectivity index (χ0v) is 11.8. The summed E-state index contributed by atoms with van der Waals surface area (Å²) in [5.74, 6) is 0. The molecule has 0 amide bonds. The highest BCUT2D eigenvalue weighted by Crippen LogP contribution is 2.50. The van der Waals surface area contributed by atoms with E-state index in [1.54, 1.807) is 6.20 Å². The van der Waals surface area contributed by atoms with Crippen LogP contribution in [0.2, 0.25) is 0 Å². The van der Waals surface area contributed by atoms with Gasteiger partial charge in [-0.3, -0.25) is 4.98 Å². The molecule has 23 heavy (non-hydrogen) atoms. The van der Waals surface area contributed by atoms with Crippen molar-refractivity contribution in [2.45, 2.75) is 18.4 Å². The maximum Gasteiger partial charge on any atom is 0.416 e. The maximum absolute atomic E-state index is 12.6. The number of fused-ring (bicyclic) bond motifs is 1. The summed E-state index contributed by atoms with van der Waals surface area (Å²) in [5.41, 5.74) is 2.30. The first-order chi connectivity index (χ1) is 11.0. The zero-order chi connectivity index (χ0) is 16.0. The number of para-hydroxylation sites is 2. The van der Waals surface area contributed by atoms with Crippen molar-refractivity contribution in [2.75, 3.05) is 0 Å². The Kier molecular flexibility index (Phi) is 3.09. The van der Waals surface area contributed by atoms with Crippen molar-refractivity contribution in [1.29, 1.82) is 0 Å². The number of aromatic nitrogens is 2. The van der Waals surface area contributed by atoms with E-state index in [1.807, 2.05) is 24.3 Å². The number of benzene rings is 2. The number of epoxide rings is 1. The van der Waals surface area contributed by atoms with Crippen LogP contribution in [0.3, 0.4) is 0 Å². The lowest BCUT2D eigenvalue weighted by Crippen LogP contribution is -2.04. The van der Waals surface area contributed by atoms with Crippen LogP contribution >= 0.6 is 0 Å². The normalized spacial score (nSPS) is 20.7. The largest absolute Gasteiger partial charge is 0.416 e. The van der Waals surface area contributed by atoms with E-state index in [1.165, 1.54) is 12.1 Å². The van der Waals surface area contributed by atoms with Crippen LogP contribution in [0.4, 0.5) is 13.2 Å². The van der Waals surface area contributed by atoms with Crippen molar-refractivity contribution in [3.05, 3.63) is 71.5 Å². The van der Waals surface area contributed by atoms with Crippen molar-refractivity contribution in [2.24, 2.45) is 0 Å². The fourth-order valence-electron chi connectivity index (χ4n) is 2.56. The first-order valence-electron chi connectivity index (χ1n) is 7.07. The highest BCUT2D eigenvalue weighted by molar-refractivity contribution is 5.73. The third kappa shape index (κ3) is 2.66. The summed E-state index contributed by atoms with van der Waals surface area (Å²) in [6.45, 7) is 0. The Morgan fingerprint density at radius 1 is 0.870 bits per heavy atom. The number of alkyl halides is 3. The molecule has 116 valence electrons. The minimum absolute atomic E-state index is 0.260. The molecular formula is C17H11F3N2O. The predicted octanol–water partition coefficient (Wildman–Crippen LogP) is 4.46. The van der Waals surface area contributed by atoms with Crippen molar-refractivity contribution in [3.63, 3.8) is 0 Å². The van der Waals surface area contributed by atoms with E-state index in [9.17, 15) is 13.2 Å². The summed E-state index contributed by atoms with van der Waals surface area (Å²) in [7, 11) is 0. The monoisotopic (exact) mass is 316 g/mol. The minimum atomic E-state index is -4.33. The summed E-state index contributed by atoms with van der Waals surface area (Å²) in [6, 6.07) is 12.5. The Morgan fingerprint density at radius 3 is 2.26 bits per heavy atom. The second kappa shape index (κ2) is 5.03. The second-order valence-electron chi connectivity index (χ2n) is 5.38. The zero-order valence-electron chi connectivity index (χ0n) is 11.8. The van der Waals surface area contributed by atoms with Gasteiger partial charge in [-0.2, -0.15) is 13.2 Å². The van der Waals surface area contributed by atoms with Crippen molar-refractivity contribution in [3.8, 4) is 0 Å². The second-order valence-corrected chi connectivity index (χ2v) is 5.38.